The molecule has 1 aliphatic heterocycles. The molecule has 188 valence electrons. The molecule has 4 rings (SSSR count). The zero-order chi connectivity index (χ0) is 24.8. The Balaban J connectivity index is 1.27. The topological polar surface area (TPSA) is 155 Å². The summed E-state index contributed by atoms with van der Waals surface area (Å²) in [7, 11) is 0. The smallest absolute Gasteiger partial charge is 0.245 e. The van der Waals surface area contributed by atoms with Crippen LogP contribution in [0.15, 0.2) is 29.4 Å². The average molecular weight is 481 g/mol. The highest BCUT2D eigenvalue weighted by Gasteiger charge is 2.31. The Morgan fingerprint density at radius 3 is 2.57 bits per heavy atom. The van der Waals surface area contributed by atoms with Crippen LogP contribution in [0.1, 0.15) is 62.3 Å². The maximum atomic E-state index is 12.8. The lowest BCUT2D eigenvalue weighted by Gasteiger charge is -2.32. The van der Waals surface area contributed by atoms with Crippen LogP contribution < -0.4 is 16.8 Å². The fraction of sp³-hybridized carbons (Fsp3) is 0.560. The van der Waals surface area contributed by atoms with Crippen molar-refractivity contribution in [2.45, 2.75) is 63.8 Å². The maximum Gasteiger partial charge on any atom is 0.245 e. The minimum absolute atomic E-state index is 0.0403. The van der Waals surface area contributed by atoms with Crippen molar-refractivity contribution in [2.24, 2.45) is 22.4 Å². The Morgan fingerprint density at radius 1 is 1.17 bits per heavy atom. The van der Waals surface area contributed by atoms with Crippen LogP contribution in [-0.4, -0.2) is 63.5 Å². The fourth-order valence-electron chi connectivity index (χ4n) is 5.12. The van der Waals surface area contributed by atoms with Crippen molar-refractivity contribution >= 4 is 17.8 Å². The zero-order valence-corrected chi connectivity index (χ0v) is 20.4. The van der Waals surface area contributed by atoms with E-state index in [-0.39, 0.29) is 30.2 Å². The van der Waals surface area contributed by atoms with Crippen LogP contribution in [0.5, 0.6) is 0 Å². The summed E-state index contributed by atoms with van der Waals surface area (Å²) in [5.74, 6) is -0.0219. The molecule has 0 unspecified atom stereocenters. The number of aromatic amines is 1. The highest BCUT2D eigenvalue weighted by molar-refractivity contribution is 5.89. The lowest BCUT2D eigenvalue weighted by molar-refractivity contribution is -0.134. The molecule has 2 aliphatic rings. The molecule has 10 heteroatoms. The van der Waals surface area contributed by atoms with Gasteiger partial charge in [0.1, 0.15) is 6.04 Å². The first-order valence-electron chi connectivity index (χ1n) is 12.5. The van der Waals surface area contributed by atoms with E-state index in [2.05, 4.69) is 31.6 Å². The molecular formula is C25H36N8O2. The molecule has 1 aliphatic carbocycles. The average Bonchev–Trinajstić information content (AvgIpc) is 3.37. The summed E-state index contributed by atoms with van der Waals surface area (Å²) in [5.41, 5.74) is 15.1. The normalized spacial score (nSPS) is 18.1. The molecule has 2 fully saturated rings. The van der Waals surface area contributed by atoms with E-state index in [9.17, 15) is 9.59 Å². The summed E-state index contributed by atoms with van der Waals surface area (Å²) in [4.78, 5) is 35.9. The number of aliphatic imine (C=N–C) groups is 1. The number of piperidine rings is 1. The third-order valence-electron chi connectivity index (χ3n) is 7.16. The number of likely N-dealkylation sites (tertiary alicyclic amines) is 1. The predicted octanol–water partition coefficient (Wildman–Crippen LogP) is 1.82. The first kappa shape index (κ1) is 24.7. The van der Waals surface area contributed by atoms with Gasteiger partial charge in [-0.05, 0) is 56.7 Å². The monoisotopic (exact) mass is 480 g/mol. The second-order valence-electron chi connectivity index (χ2n) is 9.67. The molecule has 2 aromatic heterocycles. The Kier molecular flexibility index (Phi) is 7.99. The second-order valence-corrected chi connectivity index (χ2v) is 9.67. The van der Waals surface area contributed by atoms with Crippen molar-refractivity contribution < 1.29 is 9.59 Å². The number of nitrogens with two attached hydrogens (primary N) is 2. The number of aryl methyl sites for hydroxylation is 1. The van der Waals surface area contributed by atoms with Gasteiger partial charge in [-0.3, -0.25) is 19.7 Å². The molecule has 0 spiro atoms. The number of nitrogens with one attached hydrogen (secondary N) is 2. The molecular weight excluding hydrogens is 444 g/mol. The van der Waals surface area contributed by atoms with Crippen molar-refractivity contribution in [3.63, 3.8) is 0 Å². The summed E-state index contributed by atoms with van der Waals surface area (Å²) in [6.45, 7) is 3.19. The lowest BCUT2D eigenvalue weighted by atomic mass is 9.83. The number of carbonyl (C=O) groups excluding carboxylic acids is 2. The molecule has 35 heavy (non-hydrogen) atoms. The van der Waals surface area contributed by atoms with Crippen LogP contribution >= 0.6 is 0 Å². The molecule has 6 N–H and O–H groups in total. The minimum Gasteiger partial charge on any atom is -0.370 e. The van der Waals surface area contributed by atoms with Crippen molar-refractivity contribution in [1.29, 1.82) is 0 Å². The highest BCUT2D eigenvalue weighted by Crippen LogP contribution is 2.30. The number of rotatable bonds is 7. The van der Waals surface area contributed by atoms with Crippen LogP contribution in [-0.2, 0) is 9.59 Å². The van der Waals surface area contributed by atoms with Crippen molar-refractivity contribution in [3.8, 4) is 11.3 Å². The van der Waals surface area contributed by atoms with E-state index in [0.29, 0.717) is 19.0 Å². The van der Waals surface area contributed by atoms with Gasteiger partial charge in [0.25, 0.3) is 0 Å². The molecule has 2 amide bonds. The van der Waals surface area contributed by atoms with E-state index in [1.54, 1.807) is 0 Å². The molecule has 0 bridgehead atoms. The third-order valence-corrected chi connectivity index (χ3v) is 7.16. The van der Waals surface area contributed by atoms with Crippen LogP contribution in [0.3, 0.4) is 0 Å². The third kappa shape index (κ3) is 6.37. The summed E-state index contributed by atoms with van der Waals surface area (Å²) in [6.07, 6.45) is 8.67. The number of pyridine rings is 1. The number of hydrogen-bond acceptors (Lipinski definition) is 5. The summed E-state index contributed by atoms with van der Waals surface area (Å²) < 4.78 is 0. The SMILES string of the molecule is Cc1ccc(-c2cc(C3CCN(C(=O)CNC(=O)[C@H](N=C(N)N)C4CCCCC4)CC3)[nH]n2)cn1. The van der Waals surface area contributed by atoms with Gasteiger partial charge in [0.15, 0.2) is 5.96 Å². The van der Waals surface area contributed by atoms with E-state index in [1.807, 2.05) is 30.2 Å². The van der Waals surface area contributed by atoms with Crippen LogP contribution in [0.25, 0.3) is 11.3 Å². The Morgan fingerprint density at radius 2 is 1.91 bits per heavy atom. The molecule has 10 nitrogen and oxygen atoms in total. The van der Waals surface area contributed by atoms with Gasteiger partial charge in [0, 0.05) is 42.2 Å². The first-order chi connectivity index (χ1) is 16.9. The quantitative estimate of drug-likeness (QED) is 0.350. The van der Waals surface area contributed by atoms with Gasteiger partial charge in [-0.15, -0.1) is 0 Å². The van der Waals surface area contributed by atoms with Crippen LogP contribution in [0.4, 0.5) is 0 Å². The number of nitrogens with zero attached hydrogens (tertiary/aromatic N) is 4. The molecule has 1 saturated carbocycles. The molecule has 3 heterocycles. The number of hydrogen-bond donors (Lipinski definition) is 4. The van der Waals surface area contributed by atoms with E-state index < -0.39 is 6.04 Å². The Hall–Kier alpha value is -3.43. The number of amides is 2. The van der Waals surface area contributed by atoms with Crippen LogP contribution in [0.2, 0.25) is 0 Å². The summed E-state index contributed by atoms with van der Waals surface area (Å²) >= 11 is 0. The molecule has 0 aromatic carbocycles. The molecule has 2 aromatic rings. The summed E-state index contributed by atoms with van der Waals surface area (Å²) in [5, 5.41) is 10.4. The van der Waals surface area contributed by atoms with Crippen molar-refractivity contribution in [1.82, 2.24) is 25.4 Å². The molecule has 1 atom stereocenters. The number of aromatic nitrogens is 3. The van der Waals surface area contributed by atoms with Crippen molar-refractivity contribution in [3.05, 3.63) is 35.8 Å². The van der Waals surface area contributed by atoms with E-state index in [1.165, 1.54) is 6.42 Å². The number of H-pyrrole nitrogens is 1. The first-order valence-corrected chi connectivity index (χ1v) is 12.5. The van der Waals surface area contributed by atoms with Crippen LogP contribution in [0, 0.1) is 12.8 Å². The largest absolute Gasteiger partial charge is 0.370 e. The fourth-order valence-corrected chi connectivity index (χ4v) is 5.12. The van der Waals surface area contributed by atoms with Gasteiger partial charge in [0.2, 0.25) is 11.8 Å². The van der Waals surface area contributed by atoms with Gasteiger partial charge < -0.3 is 21.7 Å². The number of guanidine groups is 1. The highest BCUT2D eigenvalue weighted by atomic mass is 16.2. The Labute approximate surface area is 206 Å². The van der Waals surface area contributed by atoms with Gasteiger partial charge in [-0.1, -0.05) is 19.3 Å². The Bertz CT molecular complexity index is 1030. The molecule has 1 saturated heterocycles. The lowest BCUT2D eigenvalue weighted by Crippen LogP contribution is -2.47. The van der Waals surface area contributed by atoms with E-state index in [0.717, 1.165) is 61.2 Å². The van der Waals surface area contributed by atoms with Gasteiger partial charge in [0.05, 0.1) is 12.2 Å². The van der Waals surface area contributed by atoms with Gasteiger partial charge in [-0.25, -0.2) is 4.99 Å². The second kappa shape index (κ2) is 11.3. The van der Waals surface area contributed by atoms with E-state index in [4.69, 9.17) is 11.5 Å². The maximum absolute atomic E-state index is 12.8. The minimum atomic E-state index is -0.628. The summed E-state index contributed by atoms with van der Waals surface area (Å²) in [6, 6.07) is 5.44. The predicted molar refractivity (Wildman–Crippen MR) is 134 cm³/mol. The zero-order valence-electron chi connectivity index (χ0n) is 20.4. The van der Waals surface area contributed by atoms with E-state index >= 15 is 0 Å². The van der Waals surface area contributed by atoms with Gasteiger partial charge in [-0.2, -0.15) is 5.10 Å². The standard InChI is InChI=1S/C25H36N8O2/c1-16-7-8-19(14-28-16)21-13-20(31-32-21)17-9-11-33(12-10-17)22(34)15-29-24(35)23(30-25(26)27)18-5-3-2-4-6-18/h7-8,13-14,17-18,23H,2-6,9-12,15H2,1H3,(H,29,35)(H,31,32)(H4,26,27,30)/t23-/m1/s1. The molecule has 0 radical (unpaired) electrons. The number of carbonyl (C=O) groups is 2. The van der Waals surface area contributed by atoms with Gasteiger partial charge >= 0.3 is 0 Å². The van der Waals surface area contributed by atoms with Crippen molar-refractivity contribution in [2.75, 3.05) is 19.6 Å².